The number of hydrogen-bond donors (Lipinski definition) is 0. The molecule has 0 aliphatic rings. The Hall–Kier alpha value is 2.81. The third-order valence-electron chi connectivity index (χ3n) is 0. The monoisotopic (exact) mass is 206 g/mol. The molecule has 0 aliphatic heterocycles. The smallest absolute Gasteiger partial charge is 0 e. The molecule has 0 heterocycles. The minimum absolute atomic E-state index is 0. The van der Waals surface area contributed by atoms with Gasteiger partial charge in [0, 0.05) is 88.7 Å². The molecule has 26 valence electrons. The summed E-state index contributed by atoms with van der Waals surface area (Å²) in [5, 5.41) is 0. The van der Waals surface area contributed by atoms with Gasteiger partial charge in [-0.3, -0.25) is 0 Å². The molecule has 0 aromatic carbocycles. The molecular formula is CaCrFeNi. The van der Waals surface area contributed by atoms with Crippen molar-refractivity contribution in [3.63, 3.8) is 0 Å². The van der Waals surface area contributed by atoms with Gasteiger partial charge in [-0.1, -0.05) is 0 Å². The van der Waals surface area contributed by atoms with E-state index < -0.39 is 0 Å². The van der Waals surface area contributed by atoms with Gasteiger partial charge < -0.3 is 0 Å². The summed E-state index contributed by atoms with van der Waals surface area (Å²) in [6.45, 7) is 0. The van der Waals surface area contributed by atoms with Crippen LogP contribution in [0.15, 0.2) is 0 Å². The summed E-state index contributed by atoms with van der Waals surface area (Å²) in [6.07, 6.45) is 0. The third kappa shape index (κ3) is 8.84. The molecule has 0 fully saturated rings. The summed E-state index contributed by atoms with van der Waals surface area (Å²) in [6, 6.07) is 0. The van der Waals surface area contributed by atoms with Crippen LogP contribution >= 0.6 is 0 Å². The average Bonchev–Trinajstić information content (AvgIpc) is 0. The zero-order valence-electron chi connectivity index (χ0n) is 1.79. The van der Waals surface area contributed by atoms with Crippen molar-refractivity contribution in [2.24, 2.45) is 0 Å². The Labute approximate surface area is 87.0 Å². The molecule has 0 nitrogen and oxygen atoms in total. The van der Waals surface area contributed by atoms with Crippen LogP contribution in [-0.4, -0.2) is 37.7 Å². The molecule has 0 bridgehead atoms. The predicted molar refractivity (Wildman–Crippen MR) is 5.75 cm³/mol. The van der Waals surface area contributed by atoms with Gasteiger partial charge in [-0.25, -0.2) is 0 Å². The van der Waals surface area contributed by atoms with Gasteiger partial charge in [0.15, 0.2) is 0 Å². The van der Waals surface area contributed by atoms with Crippen molar-refractivity contribution < 1.29 is 50.9 Å². The maximum atomic E-state index is 0. The van der Waals surface area contributed by atoms with E-state index in [1.807, 2.05) is 0 Å². The van der Waals surface area contributed by atoms with E-state index in [1.54, 1.807) is 0 Å². The Bertz CT molecular complexity index is 8.00. The van der Waals surface area contributed by atoms with Crippen molar-refractivity contribution in [3.05, 3.63) is 0 Å². The van der Waals surface area contributed by atoms with Gasteiger partial charge in [0.2, 0.25) is 0 Å². The second kappa shape index (κ2) is 17.0. The minimum atomic E-state index is 0. The van der Waals surface area contributed by atoms with E-state index >= 15 is 0 Å². The number of hydrogen-bond acceptors (Lipinski definition) is 0. The summed E-state index contributed by atoms with van der Waals surface area (Å²) in [5.74, 6) is 0. The molecule has 0 aromatic heterocycles. The van der Waals surface area contributed by atoms with E-state index in [-0.39, 0.29) is 88.7 Å². The van der Waals surface area contributed by atoms with Crippen LogP contribution in [0.4, 0.5) is 0 Å². The normalized spacial score (nSPS) is 0. The summed E-state index contributed by atoms with van der Waals surface area (Å²) >= 11 is 0. The zero-order chi connectivity index (χ0) is 0. The Kier molecular flexibility index (Phi) is 124. The molecule has 0 saturated carbocycles. The van der Waals surface area contributed by atoms with Crippen molar-refractivity contribution in [1.82, 2.24) is 0 Å². The van der Waals surface area contributed by atoms with Crippen molar-refractivity contribution in [1.29, 1.82) is 0 Å². The molecule has 0 saturated heterocycles. The van der Waals surface area contributed by atoms with Crippen molar-refractivity contribution >= 4 is 37.7 Å². The summed E-state index contributed by atoms with van der Waals surface area (Å²) < 4.78 is 0. The SMILES string of the molecule is [Ca].[Cr].[Fe].[Ni]. The average molecular weight is 207 g/mol. The number of rotatable bonds is 0. The topological polar surface area (TPSA) is 0 Å². The molecule has 0 unspecified atom stereocenters. The fraction of sp³-hybridized carbons (Fsp3) is 0. The standard InChI is InChI=1S/Ca.Cr.Fe.Ni. The van der Waals surface area contributed by atoms with Gasteiger partial charge in [-0.05, 0) is 0 Å². The molecule has 0 amide bonds. The fourth-order valence-corrected chi connectivity index (χ4v) is 0. The van der Waals surface area contributed by atoms with Crippen LogP contribution in [0.3, 0.4) is 0 Å². The molecule has 4 heavy (non-hydrogen) atoms. The Balaban J connectivity index is 0. The van der Waals surface area contributed by atoms with E-state index in [9.17, 15) is 0 Å². The third-order valence-corrected chi connectivity index (χ3v) is 0. The van der Waals surface area contributed by atoms with Gasteiger partial charge in [0.25, 0.3) is 0 Å². The maximum Gasteiger partial charge on any atom is 0 e. The molecule has 4 heteroatoms. The van der Waals surface area contributed by atoms with E-state index in [0.29, 0.717) is 0 Å². The van der Waals surface area contributed by atoms with E-state index in [1.165, 1.54) is 0 Å². The fourth-order valence-electron chi connectivity index (χ4n) is 0. The Morgan fingerprint density at radius 2 is 1.00 bits per heavy atom. The van der Waals surface area contributed by atoms with Crippen LogP contribution in [0.1, 0.15) is 0 Å². The molecule has 2 radical (unpaired) electrons. The van der Waals surface area contributed by atoms with Crippen LogP contribution < -0.4 is 0 Å². The van der Waals surface area contributed by atoms with Crippen molar-refractivity contribution in [2.45, 2.75) is 0 Å². The van der Waals surface area contributed by atoms with Gasteiger partial charge in [0.05, 0.1) is 0 Å². The van der Waals surface area contributed by atoms with Gasteiger partial charge in [-0.15, -0.1) is 0 Å². The largest absolute Gasteiger partial charge is 0 e. The molecule has 0 atom stereocenters. The van der Waals surface area contributed by atoms with Crippen LogP contribution in [0.25, 0.3) is 0 Å². The second-order valence-corrected chi connectivity index (χ2v) is 0. The van der Waals surface area contributed by atoms with Crippen LogP contribution in [0, 0.1) is 0 Å². The van der Waals surface area contributed by atoms with Crippen LogP contribution in [0.5, 0.6) is 0 Å². The van der Waals surface area contributed by atoms with Gasteiger partial charge in [-0.2, -0.15) is 0 Å². The quantitative estimate of drug-likeness (QED) is 0.474. The van der Waals surface area contributed by atoms with E-state index in [2.05, 4.69) is 0 Å². The van der Waals surface area contributed by atoms with E-state index in [0.717, 1.165) is 0 Å². The van der Waals surface area contributed by atoms with Crippen LogP contribution in [0.2, 0.25) is 0 Å². The summed E-state index contributed by atoms with van der Waals surface area (Å²) in [5.41, 5.74) is 0. The van der Waals surface area contributed by atoms with E-state index in [4.69, 9.17) is 0 Å². The second-order valence-electron chi connectivity index (χ2n) is 0. The first-order chi connectivity index (χ1) is 0. The molecule has 0 aliphatic carbocycles. The predicted octanol–water partition coefficient (Wildman–Crippen LogP) is -0.388. The molecular weight excluding hydrogens is 207 g/mol. The summed E-state index contributed by atoms with van der Waals surface area (Å²) in [4.78, 5) is 0. The van der Waals surface area contributed by atoms with Gasteiger partial charge in [0.1, 0.15) is 0 Å². The van der Waals surface area contributed by atoms with Crippen LogP contribution in [-0.2, 0) is 50.9 Å². The first-order valence-electron chi connectivity index (χ1n) is 0. The van der Waals surface area contributed by atoms with Crippen molar-refractivity contribution in [3.8, 4) is 0 Å². The Morgan fingerprint density at radius 1 is 1.00 bits per heavy atom. The molecule has 0 N–H and O–H groups in total. The first-order valence-corrected chi connectivity index (χ1v) is 0. The summed E-state index contributed by atoms with van der Waals surface area (Å²) in [7, 11) is 0. The molecule has 0 spiro atoms. The minimum Gasteiger partial charge on any atom is 0 e. The Morgan fingerprint density at radius 3 is 1.00 bits per heavy atom. The molecule has 0 aromatic rings. The van der Waals surface area contributed by atoms with Gasteiger partial charge >= 0.3 is 0 Å². The maximum absolute atomic E-state index is 0. The van der Waals surface area contributed by atoms with Crippen molar-refractivity contribution in [2.75, 3.05) is 0 Å². The molecule has 0 rings (SSSR count). The zero-order valence-corrected chi connectivity index (χ0v) is 7.36. The first kappa shape index (κ1) is 29.1.